The Hall–Kier alpha value is -1.70. The molecule has 0 aromatic carbocycles. The minimum atomic E-state index is -0.536. The van der Waals surface area contributed by atoms with Crippen molar-refractivity contribution in [2.75, 3.05) is 27.3 Å². The average Bonchev–Trinajstić information content (AvgIpc) is 2.98. The third kappa shape index (κ3) is 3.88. The summed E-state index contributed by atoms with van der Waals surface area (Å²) in [7, 11) is 3.42. The smallest absolute Gasteiger partial charge is 0.241 e. The molecule has 0 aliphatic carbocycles. The molecule has 2 aromatic heterocycles. The largest absolute Gasteiger partial charge is 0.472 e. The molecule has 0 radical (unpaired) electrons. The molecular formula is C12H17N3O4. The highest BCUT2D eigenvalue weighted by molar-refractivity contribution is 5.51. The van der Waals surface area contributed by atoms with Gasteiger partial charge in [0.05, 0.1) is 31.1 Å². The van der Waals surface area contributed by atoms with Gasteiger partial charge in [0, 0.05) is 13.7 Å². The molecular weight excluding hydrogens is 250 g/mol. The average molecular weight is 267 g/mol. The zero-order chi connectivity index (χ0) is 13.7. The first kappa shape index (κ1) is 13.7. The Balaban J connectivity index is 1.89. The van der Waals surface area contributed by atoms with Crippen LogP contribution < -0.4 is 0 Å². The van der Waals surface area contributed by atoms with Crippen LogP contribution in [-0.4, -0.2) is 53.6 Å². The molecule has 104 valence electrons. The highest BCUT2D eigenvalue weighted by atomic mass is 16.5. The van der Waals surface area contributed by atoms with Crippen molar-refractivity contribution < 1.29 is 18.8 Å². The van der Waals surface area contributed by atoms with E-state index < -0.39 is 6.10 Å². The van der Waals surface area contributed by atoms with E-state index in [1.54, 1.807) is 25.7 Å². The van der Waals surface area contributed by atoms with E-state index in [1.807, 2.05) is 11.9 Å². The second kappa shape index (κ2) is 6.46. The van der Waals surface area contributed by atoms with Gasteiger partial charge in [-0.2, -0.15) is 4.98 Å². The Labute approximate surface area is 110 Å². The monoisotopic (exact) mass is 267 g/mol. The lowest BCUT2D eigenvalue weighted by Gasteiger charge is -2.17. The normalized spacial score (nSPS) is 13.1. The zero-order valence-electron chi connectivity index (χ0n) is 10.9. The number of hydrogen-bond acceptors (Lipinski definition) is 7. The van der Waals surface area contributed by atoms with E-state index in [9.17, 15) is 5.11 Å². The molecule has 7 nitrogen and oxygen atoms in total. The second-order valence-electron chi connectivity index (χ2n) is 4.33. The van der Waals surface area contributed by atoms with Crippen molar-refractivity contribution in [3.8, 4) is 11.4 Å². The number of hydrogen-bond donors (Lipinski definition) is 1. The molecule has 19 heavy (non-hydrogen) atoms. The summed E-state index contributed by atoms with van der Waals surface area (Å²) < 4.78 is 15.0. The van der Waals surface area contributed by atoms with Gasteiger partial charge in [-0.05, 0) is 13.1 Å². The fourth-order valence-corrected chi connectivity index (χ4v) is 1.73. The Bertz CT molecular complexity index is 483. The molecule has 2 heterocycles. The van der Waals surface area contributed by atoms with Crippen LogP contribution in [0, 0.1) is 0 Å². The topological polar surface area (TPSA) is 84.8 Å². The molecule has 0 amide bonds. The van der Waals surface area contributed by atoms with E-state index in [2.05, 4.69) is 10.1 Å². The number of aliphatic hydroxyl groups is 1. The van der Waals surface area contributed by atoms with E-state index in [-0.39, 0.29) is 0 Å². The van der Waals surface area contributed by atoms with Crippen LogP contribution in [0.25, 0.3) is 11.4 Å². The summed E-state index contributed by atoms with van der Waals surface area (Å²) in [4.78, 5) is 6.14. The number of likely N-dealkylation sites (N-methyl/N-ethyl adjacent to an activating group) is 1. The van der Waals surface area contributed by atoms with Crippen LogP contribution in [-0.2, 0) is 11.3 Å². The fourth-order valence-electron chi connectivity index (χ4n) is 1.73. The lowest BCUT2D eigenvalue weighted by atomic mass is 10.3. The Morgan fingerprint density at radius 1 is 1.53 bits per heavy atom. The van der Waals surface area contributed by atoms with Crippen molar-refractivity contribution in [2.45, 2.75) is 12.6 Å². The van der Waals surface area contributed by atoms with Gasteiger partial charge in [0.15, 0.2) is 0 Å². The summed E-state index contributed by atoms with van der Waals surface area (Å²) in [5.41, 5.74) is 0.775. The van der Waals surface area contributed by atoms with Crippen molar-refractivity contribution >= 4 is 0 Å². The highest BCUT2D eigenvalue weighted by Crippen LogP contribution is 2.16. The summed E-state index contributed by atoms with van der Waals surface area (Å²) >= 11 is 0. The van der Waals surface area contributed by atoms with Crippen LogP contribution in [0.2, 0.25) is 0 Å². The first-order valence-corrected chi connectivity index (χ1v) is 5.89. The molecule has 0 spiro atoms. The number of aliphatic hydroxyl groups excluding tert-OH is 1. The first-order chi connectivity index (χ1) is 9.19. The second-order valence-corrected chi connectivity index (χ2v) is 4.33. The van der Waals surface area contributed by atoms with Crippen molar-refractivity contribution in [2.24, 2.45) is 0 Å². The quantitative estimate of drug-likeness (QED) is 0.793. The van der Waals surface area contributed by atoms with E-state index in [0.717, 1.165) is 5.56 Å². The zero-order valence-corrected chi connectivity index (χ0v) is 10.9. The lowest BCUT2D eigenvalue weighted by Crippen LogP contribution is -2.31. The number of rotatable bonds is 7. The molecule has 0 aliphatic rings. The molecule has 2 aromatic rings. The number of aromatic nitrogens is 2. The van der Waals surface area contributed by atoms with Crippen LogP contribution in [0.5, 0.6) is 0 Å². The minimum absolute atomic E-state index is 0.300. The SMILES string of the molecule is COCC(O)CN(C)Cc1nc(-c2ccoc2)no1. The van der Waals surface area contributed by atoms with Crippen molar-refractivity contribution in [3.63, 3.8) is 0 Å². The van der Waals surface area contributed by atoms with Gasteiger partial charge in [0.1, 0.15) is 6.26 Å². The Morgan fingerprint density at radius 3 is 3.05 bits per heavy atom. The summed E-state index contributed by atoms with van der Waals surface area (Å²) in [6, 6.07) is 1.76. The molecule has 7 heteroatoms. The first-order valence-electron chi connectivity index (χ1n) is 5.89. The van der Waals surface area contributed by atoms with Crippen LogP contribution >= 0.6 is 0 Å². The van der Waals surface area contributed by atoms with Crippen molar-refractivity contribution in [1.29, 1.82) is 0 Å². The molecule has 0 fully saturated rings. The van der Waals surface area contributed by atoms with E-state index in [1.165, 1.54) is 0 Å². The van der Waals surface area contributed by atoms with Gasteiger partial charge < -0.3 is 18.8 Å². The fraction of sp³-hybridized carbons (Fsp3) is 0.500. The van der Waals surface area contributed by atoms with Crippen molar-refractivity contribution in [1.82, 2.24) is 15.0 Å². The number of methoxy groups -OCH3 is 1. The minimum Gasteiger partial charge on any atom is -0.472 e. The van der Waals surface area contributed by atoms with Gasteiger partial charge in [-0.1, -0.05) is 5.16 Å². The summed E-state index contributed by atoms with van der Waals surface area (Å²) in [6.07, 6.45) is 2.57. The molecule has 1 unspecified atom stereocenters. The molecule has 1 atom stereocenters. The van der Waals surface area contributed by atoms with Crippen LogP contribution in [0.1, 0.15) is 5.89 Å². The number of furan rings is 1. The van der Waals surface area contributed by atoms with Crippen molar-refractivity contribution in [3.05, 3.63) is 24.5 Å². The highest BCUT2D eigenvalue weighted by Gasteiger charge is 2.13. The summed E-state index contributed by atoms with van der Waals surface area (Å²) in [5, 5.41) is 13.5. The maximum atomic E-state index is 9.61. The van der Waals surface area contributed by atoms with Gasteiger partial charge in [0.25, 0.3) is 0 Å². The van der Waals surface area contributed by atoms with E-state index in [0.29, 0.717) is 31.4 Å². The molecule has 1 N–H and O–H groups in total. The molecule has 0 saturated carbocycles. The van der Waals surface area contributed by atoms with Gasteiger partial charge >= 0.3 is 0 Å². The summed E-state index contributed by atoms with van der Waals surface area (Å²) in [5.74, 6) is 0.984. The molecule has 0 bridgehead atoms. The van der Waals surface area contributed by atoms with Crippen LogP contribution in [0.3, 0.4) is 0 Å². The lowest BCUT2D eigenvalue weighted by molar-refractivity contribution is 0.0400. The van der Waals surface area contributed by atoms with Gasteiger partial charge in [-0.15, -0.1) is 0 Å². The van der Waals surface area contributed by atoms with Gasteiger partial charge in [-0.25, -0.2) is 0 Å². The third-order valence-corrected chi connectivity index (χ3v) is 2.53. The summed E-state index contributed by atoms with van der Waals surface area (Å²) in [6.45, 7) is 1.23. The predicted molar refractivity (Wildman–Crippen MR) is 66.2 cm³/mol. The molecule has 0 saturated heterocycles. The molecule has 2 rings (SSSR count). The van der Waals surface area contributed by atoms with Crippen LogP contribution in [0.4, 0.5) is 0 Å². The predicted octanol–water partition coefficient (Wildman–Crippen LogP) is 0.769. The van der Waals surface area contributed by atoms with E-state index in [4.69, 9.17) is 13.7 Å². The standard InChI is InChI=1S/C12H17N3O4/c1-15(5-10(16)8-17-2)6-11-13-12(14-19-11)9-3-4-18-7-9/h3-4,7,10,16H,5-6,8H2,1-2H3. The Morgan fingerprint density at radius 2 is 2.37 bits per heavy atom. The van der Waals surface area contributed by atoms with Gasteiger partial charge in [0.2, 0.25) is 11.7 Å². The molecule has 0 aliphatic heterocycles. The maximum Gasteiger partial charge on any atom is 0.241 e. The van der Waals surface area contributed by atoms with Gasteiger partial charge in [-0.3, -0.25) is 4.90 Å². The Kier molecular flexibility index (Phi) is 4.67. The van der Waals surface area contributed by atoms with E-state index >= 15 is 0 Å². The number of nitrogens with zero attached hydrogens (tertiary/aromatic N) is 3. The van der Waals surface area contributed by atoms with Crippen LogP contribution in [0.15, 0.2) is 27.5 Å². The maximum absolute atomic E-state index is 9.61. The third-order valence-electron chi connectivity index (χ3n) is 2.53. The number of ether oxygens (including phenoxy) is 1.